The standard InChI is InChI=1S/C18H32N4O8/c23-15(24)9-13-3-1-7-21(11-17(27)28)19-20-22(12-18(29)30)8-2-4-14(6-5-13)10-16(25)26/h13-14,19-20H,1-12H2,(H,23,24)(H,25,26)(H,27,28)(H,29,30). The maximum Gasteiger partial charge on any atom is 0.319 e. The van der Waals surface area contributed by atoms with Crippen molar-refractivity contribution in [2.24, 2.45) is 11.8 Å². The van der Waals surface area contributed by atoms with Crippen LogP contribution in [0.3, 0.4) is 0 Å². The summed E-state index contributed by atoms with van der Waals surface area (Å²) in [5.41, 5.74) is 5.43. The topological polar surface area (TPSA) is 180 Å². The molecule has 1 aliphatic rings. The third-order valence-electron chi connectivity index (χ3n) is 5.01. The summed E-state index contributed by atoms with van der Waals surface area (Å²) < 4.78 is 0. The second kappa shape index (κ2) is 13.9. The van der Waals surface area contributed by atoms with Gasteiger partial charge in [0, 0.05) is 25.9 Å². The second-order valence-electron chi connectivity index (χ2n) is 7.64. The number of hydrogen-bond acceptors (Lipinski definition) is 8. The van der Waals surface area contributed by atoms with Gasteiger partial charge in [-0.05, 0) is 50.4 Å². The summed E-state index contributed by atoms with van der Waals surface area (Å²) in [6.45, 7) is -0.0137. The summed E-state index contributed by atoms with van der Waals surface area (Å²) in [6, 6.07) is 0. The fourth-order valence-corrected chi connectivity index (χ4v) is 3.62. The van der Waals surface area contributed by atoms with E-state index in [1.807, 2.05) is 0 Å². The Morgan fingerprint density at radius 2 is 1.00 bits per heavy atom. The van der Waals surface area contributed by atoms with Gasteiger partial charge in [-0.3, -0.25) is 19.2 Å². The van der Waals surface area contributed by atoms with E-state index in [0.29, 0.717) is 51.6 Å². The number of carbonyl (C=O) groups is 4. The van der Waals surface area contributed by atoms with E-state index in [9.17, 15) is 19.2 Å². The smallest absolute Gasteiger partial charge is 0.319 e. The van der Waals surface area contributed by atoms with Gasteiger partial charge in [0.15, 0.2) is 0 Å². The molecule has 0 aromatic heterocycles. The molecule has 2 unspecified atom stereocenters. The number of aliphatic carboxylic acids is 4. The van der Waals surface area contributed by atoms with Crippen molar-refractivity contribution in [1.82, 2.24) is 21.1 Å². The highest BCUT2D eigenvalue weighted by molar-refractivity contribution is 5.69. The Hall–Kier alpha value is -2.28. The van der Waals surface area contributed by atoms with Crippen molar-refractivity contribution in [3.8, 4) is 0 Å². The van der Waals surface area contributed by atoms with Gasteiger partial charge in [-0.2, -0.15) is 11.1 Å². The Kier molecular flexibility index (Phi) is 11.9. The molecule has 6 N–H and O–H groups in total. The molecule has 2 atom stereocenters. The lowest BCUT2D eigenvalue weighted by Gasteiger charge is -2.29. The SMILES string of the molecule is O=C(O)CC1CCCN(CC(=O)O)NNN(CC(=O)O)CCCC(CC(=O)O)CC1. The van der Waals surface area contributed by atoms with Gasteiger partial charge >= 0.3 is 23.9 Å². The van der Waals surface area contributed by atoms with E-state index in [0.717, 1.165) is 0 Å². The van der Waals surface area contributed by atoms with E-state index in [1.54, 1.807) is 0 Å². The second-order valence-corrected chi connectivity index (χ2v) is 7.64. The van der Waals surface area contributed by atoms with E-state index in [2.05, 4.69) is 11.1 Å². The molecule has 12 nitrogen and oxygen atoms in total. The molecule has 1 heterocycles. The molecule has 0 amide bonds. The minimum Gasteiger partial charge on any atom is -0.481 e. The summed E-state index contributed by atoms with van der Waals surface area (Å²) in [7, 11) is 0. The fourth-order valence-electron chi connectivity index (χ4n) is 3.62. The fraction of sp³-hybridized carbons (Fsp3) is 0.778. The molecule has 0 bridgehead atoms. The molecule has 30 heavy (non-hydrogen) atoms. The monoisotopic (exact) mass is 432 g/mol. The average Bonchev–Trinajstić information content (AvgIpc) is 2.60. The van der Waals surface area contributed by atoms with Gasteiger partial charge in [-0.15, -0.1) is 0 Å². The summed E-state index contributed by atoms with van der Waals surface area (Å²) >= 11 is 0. The summed E-state index contributed by atoms with van der Waals surface area (Å²) in [5.74, 6) is -4.19. The third kappa shape index (κ3) is 12.3. The molecule has 1 aliphatic heterocycles. The number of hydrazine groups is 3. The minimum atomic E-state index is -1.06. The molecular formula is C18H32N4O8. The summed E-state index contributed by atoms with van der Waals surface area (Å²) in [6.07, 6.45) is 3.30. The molecule has 0 radical (unpaired) electrons. The van der Waals surface area contributed by atoms with Crippen molar-refractivity contribution >= 4 is 23.9 Å². The van der Waals surface area contributed by atoms with Crippen LogP contribution >= 0.6 is 0 Å². The molecule has 1 rings (SSSR count). The first kappa shape index (κ1) is 25.8. The van der Waals surface area contributed by atoms with Crippen LogP contribution in [-0.2, 0) is 19.2 Å². The quantitative estimate of drug-likeness (QED) is 0.307. The first-order valence-corrected chi connectivity index (χ1v) is 10.0. The Bertz CT molecular complexity index is 491. The van der Waals surface area contributed by atoms with Crippen LogP contribution in [0.1, 0.15) is 51.4 Å². The molecule has 0 spiro atoms. The number of hydrogen-bond donors (Lipinski definition) is 6. The lowest BCUT2D eigenvalue weighted by molar-refractivity contribution is -0.143. The lowest BCUT2D eigenvalue weighted by Crippen LogP contribution is -2.57. The molecule has 1 fully saturated rings. The zero-order chi connectivity index (χ0) is 22.5. The van der Waals surface area contributed by atoms with Gasteiger partial charge in [-0.25, -0.2) is 10.0 Å². The first-order valence-electron chi connectivity index (χ1n) is 10.0. The van der Waals surface area contributed by atoms with Crippen LogP contribution in [0.4, 0.5) is 0 Å². The van der Waals surface area contributed by atoms with Crippen molar-refractivity contribution in [3.05, 3.63) is 0 Å². The number of nitrogens with zero attached hydrogens (tertiary/aromatic N) is 2. The molecule has 0 aromatic carbocycles. The normalized spacial score (nSPS) is 23.3. The maximum absolute atomic E-state index is 11.2. The first-order chi connectivity index (χ1) is 14.2. The zero-order valence-corrected chi connectivity index (χ0v) is 17.0. The number of carboxylic acid groups (broad SMARTS) is 4. The van der Waals surface area contributed by atoms with Crippen molar-refractivity contribution < 1.29 is 39.6 Å². The van der Waals surface area contributed by atoms with Gasteiger partial charge in [0.05, 0.1) is 0 Å². The van der Waals surface area contributed by atoms with E-state index < -0.39 is 23.9 Å². The number of nitrogens with one attached hydrogen (secondary N) is 2. The molecular weight excluding hydrogens is 400 g/mol. The predicted octanol–water partition coefficient (Wildman–Crippen LogP) is 0.220. The lowest BCUT2D eigenvalue weighted by atomic mass is 9.87. The van der Waals surface area contributed by atoms with Crippen LogP contribution in [0.25, 0.3) is 0 Å². The highest BCUT2D eigenvalue weighted by Gasteiger charge is 2.21. The molecule has 1 saturated heterocycles. The van der Waals surface area contributed by atoms with Gasteiger partial charge < -0.3 is 20.4 Å². The van der Waals surface area contributed by atoms with Crippen molar-refractivity contribution in [3.63, 3.8) is 0 Å². The molecule has 172 valence electrons. The van der Waals surface area contributed by atoms with Crippen LogP contribution in [0, 0.1) is 11.8 Å². The minimum absolute atomic E-state index is 0.0171. The Balaban J connectivity index is 2.87. The maximum atomic E-state index is 11.2. The van der Waals surface area contributed by atoms with Crippen LogP contribution in [-0.4, -0.2) is 80.5 Å². The van der Waals surface area contributed by atoms with E-state index >= 15 is 0 Å². The van der Waals surface area contributed by atoms with Crippen molar-refractivity contribution in [2.45, 2.75) is 51.4 Å². The van der Waals surface area contributed by atoms with Crippen molar-refractivity contribution in [1.29, 1.82) is 0 Å². The highest BCUT2D eigenvalue weighted by Crippen LogP contribution is 2.25. The van der Waals surface area contributed by atoms with Crippen LogP contribution < -0.4 is 11.1 Å². The highest BCUT2D eigenvalue weighted by atomic mass is 16.4. The van der Waals surface area contributed by atoms with E-state index in [1.165, 1.54) is 10.0 Å². The van der Waals surface area contributed by atoms with Gasteiger partial charge in [0.25, 0.3) is 0 Å². The molecule has 0 aromatic rings. The molecule has 0 saturated carbocycles. The average molecular weight is 432 g/mol. The summed E-state index contributed by atoms with van der Waals surface area (Å²) in [4.78, 5) is 44.5. The number of carboxylic acids is 4. The molecule has 12 heteroatoms. The third-order valence-corrected chi connectivity index (χ3v) is 5.01. The van der Waals surface area contributed by atoms with Gasteiger partial charge in [0.2, 0.25) is 0 Å². The van der Waals surface area contributed by atoms with Crippen molar-refractivity contribution in [2.75, 3.05) is 26.2 Å². The van der Waals surface area contributed by atoms with E-state index in [-0.39, 0.29) is 37.8 Å². The van der Waals surface area contributed by atoms with Gasteiger partial charge in [-0.1, -0.05) is 0 Å². The van der Waals surface area contributed by atoms with Gasteiger partial charge in [0.1, 0.15) is 13.1 Å². The van der Waals surface area contributed by atoms with Crippen LogP contribution in [0.15, 0.2) is 0 Å². The summed E-state index contributed by atoms with van der Waals surface area (Å²) in [5, 5.41) is 39.3. The number of rotatable bonds is 8. The van der Waals surface area contributed by atoms with Crippen LogP contribution in [0.2, 0.25) is 0 Å². The Labute approximate surface area is 174 Å². The largest absolute Gasteiger partial charge is 0.481 e. The Morgan fingerprint density at radius 3 is 1.30 bits per heavy atom. The van der Waals surface area contributed by atoms with Crippen LogP contribution in [0.5, 0.6) is 0 Å². The Morgan fingerprint density at radius 1 is 0.633 bits per heavy atom. The zero-order valence-electron chi connectivity index (χ0n) is 17.0. The molecule has 0 aliphatic carbocycles. The van der Waals surface area contributed by atoms with E-state index in [4.69, 9.17) is 20.4 Å². The predicted molar refractivity (Wildman–Crippen MR) is 104 cm³/mol.